The number of carbonyl (C=O) groups is 1. The molecule has 0 spiro atoms. The number of rotatable bonds is 5. The van der Waals surface area contributed by atoms with Crippen LogP contribution in [0, 0.1) is 5.92 Å². The highest BCUT2D eigenvalue weighted by molar-refractivity contribution is 6.42. The number of nitrogens with zero attached hydrogens (tertiary/aromatic N) is 2. The van der Waals surface area contributed by atoms with Gasteiger partial charge >= 0.3 is 0 Å². The Morgan fingerprint density at radius 1 is 1.30 bits per heavy atom. The number of carbonyl (C=O) groups excluding carboxylic acids is 1. The molecule has 0 bridgehead atoms. The molecule has 7 heteroatoms. The number of hydrogen-bond donors (Lipinski definition) is 1. The second kappa shape index (κ2) is 8.26. The fourth-order valence-electron chi connectivity index (χ4n) is 4.35. The molecule has 3 atom stereocenters. The Kier molecular flexibility index (Phi) is 5.95. The number of hydrogen-bond acceptors (Lipinski definition) is 4. The highest BCUT2D eigenvalue weighted by Gasteiger charge is 2.44. The molecular formula is C20H27Cl2N3O2. The zero-order valence-electron chi connectivity index (χ0n) is 15.7. The van der Waals surface area contributed by atoms with E-state index in [4.69, 9.17) is 27.9 Å². The van der Waals surface area contributed by atoms with Crippen molar-refractivity contribution in [1.29, 1.82) is 0 Å². The van der Waals surface area contributed by atoms with E-state index in [2.05, 4.69) is 22.2 Å². The molecule has 2 saturated heterocycles. The van der Waals surface area contributed by atoms with Crippen LogP contribution in [-0.2, 0) is 16.0 Å². The van der Waals surface area contributed by atoms with E-state index in [1.165, 1.54) is 12.8 Å². The summed E-state index contributed by atoms with van der Waals surface area (Å²) in [4.78, 5) is 17.7. The van der Waals surface area contributed by atoms with Crippen molar-refractivity contribution in [1.82, 2.24) is 15.1 Å². The molecule has 3 fully saturated rings. The van der Waals surface area contributed by atoms with Crippen molar-refractivity contribution in [2.75, 3.05) is 39.9 Å². The summed E-state index contributed by atoms with van der Waals surface area (Å²) < 4.78 is 5.88. The molecule has 0 aromatic heterocycles. The highest BCUT2D eigenvalue weighted by Crippen LogP contribution is 2.32. The number of nitrogens with one attached hydrogen (secondary N) is 1. The predicted molar refractivity (Wildman–Crippen MR) is 107 cm³/mol. The van der Waals surface area contributed by atoms with E-state index >= 15 is 0 Å². The van der Waals surface area contributed by atoms with Gasteiger partial charge in [0.15, 0.2) is 0 Å². The Balaban J connectivity index is 1.50. The van der Waals surface area contributed by atoms with Crippen LogP contribution in [0.25, 0.3) is 0 Å². The fourth-order valence-corrected chi connectivity index (χ4v) is 4.67. The van der Waals surface area contributed by atoms with E-state index < -0.39 is 0 Å². The summed E-state index contributed by atoms with van der Waals surface area (Å²) in [5, 5.41) is 4.56. The maximum absolute atomic E-state index is 13.2. The van der Waals surface area contributed by atoms with Crippen LogP contribution < -0.4 is 5.32 Å². The van der Waals surface area contributed by atoms with Gasteiger partial charge in [0.25, 0.3) is 0 Å². The zero-order valence-corrected chi connectivity index (χ0v) is 17.2. The quantitative estimate of drug-likeness (QED) is 0.807. The third kappa shape index (κ3) is 4.43. The Hall–Kier alpha value is -0.850. The summed E-state index contributed by atoms with van der Waals surface area (Å²) in [6.45, 7) is 3.97. The molecule has 1 amide bonds. The lowest BCUT2D eigenvalue weighted by atomic mass is 9.92. The van der Waals surface area contributed by atoms with Gasteiger partial charge in [-0.2, -0.15) is 0 Å². The van der Waals surface area contributed by atoms with Gasteiger partial charge in [0, 0.05) is 19.6 Å². The van der Waals surface area contributed by atoms with Crippen molar-refractivity contribution in [3.8, 4) is 0 Å². The van der Waals surface area contributed by atoms with Gasteiger partial charge < -0.3 is 15.0 Å². The number of amides is 1. The normalized spacial score (nSPS) is 28.3. The van der Waals surface area contributed by atoms with Crippen molar-refractivity contribution in [2.45, 2.75) is 37.4 Å². The third-order valence-electron chi connectivity index (χ3n) is 5.98. The number of likely N-dealkylation sites (N-methyl/N-ethyl adjacent to an activating group) is 1. The smallest absolute Gasteiger partial charge is 0.227 e. The van der Waals surface area contributed by atoms with E-state index in [1.807, 2.05) is 6.07 Å². The average Bonchev–Trinajstić information content (AvgIpc) is 3.47. The van der Waals surface area contributed by atoms with Gasteiger partial charge in [0.05, 0.1) is 47.8 Å². The summed E-state index contributed by atoms with van der Waals surface area (Å²) >= 11 is 12.1. The zero-order chi connectivity index (χ0) is 19.0. The Labute approximate surface area is 170 Å². The van der Waals surface area contributed by atoms with Gasteiger partial charge in [0.2, 0.25) is 5.91 Å². The van der Waals surface area contributed by atoms with Crippen LogP contribution in [0.5, 0.6) is 0 Å². The first kappa shape index (κ1) is 19.5. The van der Waals surface area contributed by atoms with Crippen molar-refractivity contribution >= 4 is 29.1 Å². The second-order valence-corrected chi connectivity index (χ2v) is 8.87. The molecule has 148 valence electrons. The minimum atomic E-state index is 0.145. The lowest BCUT2D eigenvalue weighted by Crippen LogP contribution is -2.70. The monoisotopic (exact) mass is 411 g/mol. The van der Waals surface area contributed by atoms with E-state index in [1.54, 1.807) is 12.1 Å². The molecule has 4 rings (SSSR count). The molecule has 1 unspecified atom stereocenters. The first-order chi connectivity index (χ1) is 13.0. The summed E-state index contributed by atoms with van der Waals surface area (Å²) in [6, 6.07) is 6.00. The largest absolute Gasteiger partial charge is 0.378 e. The van der Waals surface area contributed by atoms with E-state index in [-0.39, 0.29) is 24.0 Å². The number of benzene rings is 1. The summed E-state index contributed by atoms with van der Waals surface area (Å²) in [5.41, 5.74) is 0.902. The SMILES string of the molecule is CN(CC1CC1)C1COC[C@H]2NCCN(C(=O)Cc3ccc(Cl)c(Cl)c3)[C@H]12. The molecule has 1 aromatic carbocycles. The van der Waals surface area contributed by atoms with Gasteiger partial charge in [-0.1, -0.05) is 29.3 Å². The maximum atomic E-state index is 13.2. The minimum Gasteiger partial charge on any atom is -0.378 e. The summed E-state index contributed by atoms with van der Waals surface area (Å²) in [5.74, 6) is 0.962. The fraction of sp³-hybridized carbons (Fsp3) is 0.650. The van der Waals surface area contributed by atoms with Crippen LogP contribution in [0.1, 0.15) is 18.4 Å². The topological polar surface area (TPSA) is 44.8 Å². The number of piperazine rings is 1. The molecule has 0 radical (unpaired) electrons. The van der Waals surface area contributed by atoms with Crippen LogP contribution in [-0.4, -0.2) is 73.7 Å². The molecule has 1 N–H and O–H groups in total. The maximum Gasteiger partial charge on any atom is 0.227 e. The molecule has 2 heterocycles. The number of halogens is 2. The first-order valence-corrected chi connectivity index (χ1v) is 10.5. The first-order valence-electron chi connectivity index (χ1n) is 9.77. The van der Waals surface area contributed by atoms with Gasteiger partial charge in [-0.15, -0.1) is 0 Å². The van der Waals surface area contributed by atoms with Crippen molar-refractivity contribution < 1.29 is 9.53 Å². The average molecular weight is 412 g/mol. The molecular weight excluding hydrogens is 385 g/mol. The molecule has 1 saturated carbocycles. The summed E-state index contributed by atoms with van der Waals surface area (Å²) in [7, 11) is 2.17. The predicted octanol–water partition coefficient (Wildman–Crippen LogP) is 2.45. The summed E-state index contributed by atoms with van der Waals surface area (Å²) in [6.07, 6.45) is 2.99. The van der Waals surface area contributed by atoms with Crippen LogP contribution >= 0.6 is 23.2 Å². The van der Waals surface area contributed by atoms with Crippen molar-refractivity contribution in [2.24, 2.45) is 5.92 Å². The third-order valence-corrected chi connectivity index (χ3v) is 6.72. The lowest BCUT2D eigenvalue weighted by molar-refractivity contribution is -0.142. The Morgan fingerprint density at radius 2 is 2.11 bits per heavy atom. The van der Waals surface area contributed by atoms with Crippen LogP contribution in [0.3, 0.4) is 0 Å². The Bertz CT molecular complexity index is 696. The van der Waals surface area contributed by atoms with Crippen LogP contribution in [0.15, 0.2) is 18.2 Å². The van der Waals surface area contributed by atoms with Crippen LogP contribution in [0.4, 0.5) is 0 Å². The van der Waals surface area contributed by atoms with Crippen LogP contribution in [0.2, 0.25) is 10.0 Å². The second-order valence-electron chi connectivity index (χ2n) is 8.05. The highest BCUT2D eigenvalue weighted by atomic mass is 35.5. The molecule has 27 heavy (non-hydrogen) atoms. The van der Waals surface area contributed by atoms with Gasteiger partial charge in [-0.05, 0) is 43.5 Å². The van der Waals surface area contributed by atoms with E-state index in [0.717, 1.165) is 31.1 Å². The van der Waals surface area contributed by atoms with Gasteiger partial charge in [-0.3, -0.25) is 9.69 Å². The van der Waals surface area contributed by atoms with E-state index in [9.17, 15) is 4.79 Å². The number of fused-ring (bicyclic) bond motifs is 1. The Morgan fingerprint density at radius 3 is 2.85 bits per heavy atom. The van der Waals surface area contributed by atoms with Gasteiger partial charge in [0.1, 0.15) is 0 Å². The van der Waals surface area contributed by atoms with Gasteiger partial charge in [-0.25, -0.2) is 0 Å². The minimum absolute atomic E-state index is 0.145. The van der Waals surface area contributed by atoms with E-state index in [0.29, 0.717) is 29.7 Å². The molecule has 5 nitrogen and oxygen atoms in total. The molecule has 1 aromatic rings. The lowest BCUT2D eigenvalue weighted by Gasteiger charge is -2.50. The van der Waals surface area contributed by atoms with Crippen molar-refractivity contribution in [3.63, 3.8) is 0 Å². The number of ether oxygens (including phenoxy) is 1. The standard InChI is InChI=1S/C20H27Cl2N3O2/c1-24(10-13-2-3-13)18-12-27-11-17-20(18)25(7-6-23-17)19(26)9-14-4-5-15(21)16(22)8-14/h4-5,8,13,17-18,20,23H,2-3,6-7,9-12H2,1H3/t17-,18?,20+/m1/s1. The molecule has 1 aliphatic carbocycles. The molecule has 3 aliphatic rings. The van der Waals surface area contributed by atoms with Crippen molar-refractivity contribution in [3.05, 3.63) is 33.8 Å². The molecule has 2 aliphatic heterocycles.